The van der Waals surface area contributed by atoms with E-state index in [9.17, 15) is 9.59 Å². The number of fused-ring (bicyclic) bond motifs is 1. The molecule has 0 amide bonds. The molecule has 0 N–H and O–H groups in total. The summed E-state index contributed by atoms with van der Waals surface area (Å²) in [6, 6.07) is 14.2. The Balaban J connectivity index is 1.65. The SMILES string of the molecule is CCOc1ccc(C(=O)[C@H](C)OC(=O)C2=Cc3ccccc3OC2)cc1. The third-order valence-corrected chi connectivity index (χ3v) is 4.00. The quantitative estimate of drug-likeness (QED) is 0.586. The molecule has 0 spiro atoms. The molecule has 3 rings (SSSR count). The Labute approximate surface area is 152 Å². The smallest absolute Gasteiger partial charge is 0.338 e. The number of ketones is 1. The molecule has 134 valence electrons. The summed E-state index contributed by atoms with van der Waals surface area (Å²) in [5, 5.41) is 0. The molecule has 26 heavy (non-hydrogen) atoms. The highest BCUT2D eigenvalue weighted by atomic mass is 16.5. The fraction of sp³-hybridized carbons (Fsp3) is 0.238. The van der Waals surface area contributed by atoms with Crippen molar-refractivity contribution in [3.8, 4) is 11.5 Å². The molecular formula is C21H20O5. The van der Waals surface area contributed by atoms with E-state index < -0.39 is 12.1 Å². The number of ether oxygens (including phenoxy) is 3. The molecule has 1 aliphatic heterocycles. The van der Waals surface area contributed by atoms with Crippen molar-refractivity contribution in [1.82, 2.24) is 0 Å². The van der Waals surface area contributed by atoms with Crippen molar-refractivity contribution < 1.29 is 23.8 Å². The van der Waals surface area contributed by atoms with Gasteiger partial charge in [0.15, 0.2) is 6.10 Å². The highest BCUT2D eigenvalue weighted by Crippen LogP contribution is 2.26. The molecule has 1 heterocycles. The lowest BCUT2D eigenvalue weighted by Gasteiger charge is -2.18. The number of carbonyl (C=O) groups excluding carboxylic acids is 2. The Morgan fingerprint density at radius 3 is 2.58 bits per heavy atom. The van der Waals surface area contributed by atoms with Crippen molar-refractivity contribution in [3.63, 3.8) is 0 Å². The molecule has 1 aliphatic rings. The first-order valence-corrected chi connectivity index (χ1v) is 8.49. The maximum Gasteiger partial charge on any atom is 0.338 e. The average Bonchev–Trinajstić information content (AvgIpc) is 2.67. The van der Waals surface area contributed by atoms with Gasteiger partial charge in [-0.1, -0.05) is 18.2 Å². The van der Waals surface area contributed by atoms with Crippen LogP contribution in [-0.4, -0.2) is 31.1 Å². The van der Waals surface area contributed by atoms with Gasteiger partial charge in [-0.15, -0.1) is 0 Å². The largest absolute Gasteiger partial charge is 0.494 e. The van der Waals surface area contributed by atoms with Crippen LogP contribution in [0.4, 0.5) is 0 Å². The van der Waals surface area contributed by atoms with Gasteiger partial charge in [0.25, 0.3) is 0 Å². The van der Waals surface area contributed by atoms with E-state index in [-0.39, 0.29) is 12.4 Å². The Kier molecular flexibility index (Phi) is 5.37. The summed E-state index contributed by atoms with van der Waals surface area (Å²) >= 11 is 0. The molecule has 5 nitrogen and oxygen atoms in total. The zero-order valence-corrected chi connectivity index (χ0v) is 14.7. The summed E-state index contributed by atoms with van der Waals surface area (Å²) < 4.78 is 16.2. The molecule has 1 atom stereocenters. The van der Waals surface area contributed by atoms with E-state index in [0.29, 0.717) is 23.5 Å². The fourth-order valence-electron chi connectivity index (χ4n) is 2.64. The van der Waals surface area contributed by atoms with Gasteiger partial charge in [-0.05, 0) is 50.3 Å². The van der Waals surface area contributed by atoms with Crippen LogP contribution in [-0.2, 0) is 9.53 Å². The van der Waals surface area contributed by atoms with Crippen LogP contribution >= 0.6 is 0 Å². The average molecular weight is 352 g/mol. The van der Waals surface area contributed by atoms with Crippen LogP contribution in [0.15, 0.2) is 54.1 Å². The van der Waals surface area contributed by atoms with Crippen molar-refractivity contribution >= 4 is 17.8 Å². The topological polar surface area (TPSA) is 61.8 Å². The number of esters is 1. The Morgan fingerprint density at radius 1 is 1.12 bits per heavy atom. The van der Waals surface area contributed by atoms with Crippen LogP contribution in [0.2, 0.25) is 0 Å². The van der Waals surface area contributed by atoms with Gasteiger partial charge in [0.2, 0.25) is 5.78 Å². The predicted molar refractivity (Wildman–Crippen MR) is 97.4 cm³/mol. The van der Waals surface area contributed by atoms with E-state index in [1.54, 1.807) is 37.3 Å². The predicted octanol–water partition coefficient (Wildman–Crippen LogP) is 3.68. The van der Waals surface area contributed by atoms with Gasteiger partial charge in [0.05, 0.1) is 12.2 Å². The lowest BCUT2D eigenvalue weighted by Crippen LogP contribution is -2.27. The second-order valence-corrected chi connectivity index (χ2v) is 5.87. The molecule has 2 aromatic carbocycles. The lowest BCUT2D eigenvalue weighted by molar-refractivity contribution is -0.141. The number of rotatable bonds is 6. The number of hydrogen-bond acceptors (Lipinski definition) is 5. The highest BCUT2D eigenvalue weighted by molar-refractivity contribution is 6.02. The van der Waals surface area contributed by atoms with Gasteiger partial charge >= 0.3 is 5.97 Å². The fourth-order valence-corrected chi connectivity index (χ4v) is 2.64. The van der Waals surface area contributed by atoms with E-state index in [1.165, 1.54) is 0 Å². The van der Waals surface area contributed by atoms with Gasteiger partial charge in [-0.3, -0.25) is 4.79 Å². The molecule has 0 radical (unpaired) electrons. The third kappa shape index (κ3) is 3.94. The first-order valence-electron chi connectivity index (χ1n) is 8.49. The zero-order chi connectivity index (χ0) is 18.5. The van der Waals surface area contributed by atoms with Gasteiger partial charge in [0, 0.05) is 11.1 Å². The number of carbonyl (C=O) groups is 2. The molecule has 0 aliphatic carbocycles. The Hall–Kier alpha value is -3.08. The van der Waals surface area contributed by atoms with Crippen molar-refractivity contribution in [3.05, 3.63) is 65.2 Å². The number of hydrogen-bond donors (Lipinski definition) is 0. The summed E-state index contributed by atoms with van der Waals surface area (Å²) in [7, 11) is 0. The van der Waals surface area contributed by atoms with Gasteiger partial charge < -0.3 is 14.2 Å². The van der Waals surface area contributed by atoms with E-state index in [2.05, 4.69) is 0 Å². The molecule has 0 aromatic heterocycles. The standard InChI is InChI=1S/C21H20O5/c1-3-24-18-10-8-15(9-11-18)20(22)14(2)26-21(23)17-12-16-6-4-5-7-19(16)25-13-17/h4-12,14H,3,13H2,1-2H3/t14-/m0/s1. The van der Waals surface area contributed by atoms with Crippen LogP contribution < -0.4 is 9.47 Å². The molecule has 0 bridgehead atoms. The van der Waals surface area contributed by atoms with Crippen LogP contribution in [0.25, 0.3) is 6.08 Å². The second-order valence-electron chi connectivity index (χ2n) is 5.87. The lowest BCUT2D eigenvalue weighted by atomic mass is 10.1. The van der Waals surface area contributed by atoms with E-state index in [4.69, 9.17) is 14.2 Å². The molecule has 2 aromatic rings. The van der Waals surface area contributed by atoms with Crippen LogP contribution in [0, 0.1) is 0 Å². The normalized spacial score (nSPS) is 13.7. The van der Waals surface area contributed by atoms with Crippen LogP contribution in [0.1, 0.15) is 29.8 Å². The molecular weight excluding hydrogens is 332 g/mol. The summed E-state index contributed by atoms with van der Waals surface area (Å²) in [5.41, 5.74) is 1.67. The number of para-hydroxylation sites is 1. The van der Waals surface area contributed by atoms with Crippen LogP contribution in [0.5, 0.6) is 11.5 Å². The number of Topliss-reactive ketones (excluding diaryl/α,β-unsaturated/α-hetero) is 1. The summed E-state index contributed by atoms with van der Waals surface area (Å²) in [5.74, 6) is 0.602. The van der Waals surface area contributed by atoms with E-state index in [1.807, 2.05) is 31.2 Å². The minimum absolute atomic E-state index is 0.125. The molecule has 5 heteroatoms. The third-order valence-electron chi connectivity index (χ3n) is 4.00. The van der Waals surface area contributed by atoms with Gasteiger partial charge in [0.1, 0.15) is 18.1 Å². The van der Waals surface area contributed by atoms with Gasteiger partial charge in [-0.2, -0.15) is 0 Å². The summed E-state index contributed by atoms with van der Waals surface area (Å²) in [4.78, 5) is 24.8. The van der Waals surface area contributed by atoms with Crippen molar-refractivity contribution in [2.75, 3.05) is 13.2 Å². The highest BCUT2D eigenvalue weighted by Gasteiger charge is 2.24. The number of benzene rings is 2. The van der Waals surface area contributed by atoms with E-state index in [0.717, 1.165) is 11.3 Å². The van der Waals surface area contributed by atoms with Crippen molar-refractivity contribution in [1.29, 1.82) is 0 Å². The van der Waals surface area contributed by atoms with Crippen molar-refractivity contribution in [2.24, 2.45) is 0 Å². The summed E-state index contributed by atoms with van der Waals surface area (Å²) in [6.07, 6.45) is 0.841. The minimum Gasteiger partial charge on any atom is -0.494 e. The van der Waals surface area contributed by atoms with E-state index >= 15 is 0 Å². The Morgan fingerprint density at radius 2 is 1.85 bits per heavy atom. The molecule has 0 fully saturated rings. The molecule has 0 saturated carbocycles. The monoisotopic (exact) mass is 352 g/mol. The first kappa shape index (κ1) is 17.7. The zero-order valence-electron chi connectivity index (χ0n) is 14.7. The van der Waals surface area contributed by atoms with Gasteiger partial charge in [-0.25, -0.2) is 4.79 Å². The molecule has 0 unspecified atom stereocenters. The second kappa shape index (κ2) is 7.87. The Bertz CT molecular complexity index is 836. The molecule has 0 saturated heterocycles. The maximum atomic E-state index is 12.5. The summed E-state index contributed by atoms with van der Waals surface area (Å²) in [6.45, 7) is 4.14. The van der Waals surface area contributed by atoms with Crippen LogP contribution in [0.3, 0.4) is 0 Å². The van der Waals surface area contributed by atoms with Crippen molar-refractivity contribution in [2.45, 2.75) is 20.0 Å². The minimum atomic E-state index is -0.890. The first-order chi connectivity index (χ1) is 12.6. The maximum absolute atomic E-state index is 12.5.